The van der Waals surface area contributed by atoms with E-state index in [1.165, 1.54) is 0 Å². The Balaban J connectivity index is -0.000000500. The summed E-state index contributed by atoms with van der Waals surface area (Å²) in [5.74, 6) is 0. The van der Waals surface area contributed by atoms with Gasteiger partial charge in [0.15, 0.2) is 0 Å². The Morgan fingerprint density at radius 2 is 1.31 bits per heavy atom. The van der Waals surface area contributed by atoms with Gasteiger partial charge in [-0.05, 0) is 9.13 Å². The summed E-state index contributed by atoms with van der Waals surface area (Å²) in [5, 5.41) is 0. The molecule has 8 nitrogen and oxygen atoms in total. The third kappa shape index (κ3) is 13.2. The van der Waals surface area contributed by atoms with Crippen molar-refractivity contribution in [2.75, 3.05) is 0 Å². The van der Waals surface area contributed by atoms with Gasteiger partial charge in [-0.1, -0.05) is 16.0 Å². The van der Waals surface area contributed by atoms with Gasteiger partial charge in [-0.15, -0.1) is 0 Å². The number of hydrogen-bond acceptors (Lipinski definition) is 8. The summed E-state index contributed by atoms with van der Waals surface area (Å²) in [6.07, 6.45) is 0. The van der Waals surface area contributed by atoms with E-state index in [4.69, 9.17) is 0 Å². The largest absolute Gasteiger partial charge is 0.750 e. The van der Waals surface area contributed by atoms with Gasteiger partial charge in [0, 0.05) is 27.7 Å². The Hall–Kier alpha value is 1.17. The van der Waals surface area contributed by atoms with E-state index in [1.54, 1.807) is 0 Å². The Morgan fingerprint density at radius 3 is 1.46 bits per heavy atom. The van der Waals surface area contributed by atoms with Crippen LogP contribution in [0.25, 0.3) is 0 Å². The van der Waals surface area contributed by atoms with Crippen LogP contribution >= 0.6 is 24.3 Å². The second-order valence-electron chi connectivity index (χ2n) is 1.06. The first-order chi connectivity index (χ1) is 4.83. The molecule has 0 aliphatic carbocycles. The van der Waals surface area contributed by atoms with Gasteiger partial charge in [-0.3, -0.25) is 4.57 Å². The molecule has 0 aliphatic heterocycles. The molecule has 0 saturated carbocycles. The molecule has 0 saturated heterocycles. The van der Waals surface area contributed by atoms with E-state index >= 15 is 0 Å². The fourth-order valence-electron chi connectivity index (χ4n) is 0.178. The van der Waals surface area contributed by atoms with E-state index in [9.17, 15) is 28.4 Å². The number of hydrogen-bond donors (Lipinski definition) is 0. The van der Waals surface area contributed by atoms with Crippen molar-refractivity contribution < 1.29 is 64.7 Å². The quantitative estimate of drug-likeness (QED) is 0.410. The van der Waals surface area contributed by atoms with Crippen molar-refractivity contribution in [3.63, 3.8) is 0 Å². The minimum absolute atomic E-state index is 0. The Labute approximate surface area is 96.3 Å². The molecule has 0 radical (unpaired) electrons. The molecule has 0 aromatic rings. The molecule has 0 aliphatic rings. The predicted molar refractivity (Wildman–Crippen MR) is 31.7 cm³/mol. The van der Waals surface area contributed by atoms with Gasteiger partial charge in [-0.25, -0.2) is 0 Å². The van der Waals surface area contributed by atoms with E-state index < -0.39 is 24.3 Å². The normalized spacial score (nSPS) is 15.9. The van der Waals surface area contributed by atoms with Crippen LogP contribution in [0.5, 0.6) is 0 Å². The zero-order chi connectivity index (χ0) is 9.07. The first-order valence-electron chi connectivity index (χ1n) is 1.83. The summed E-state index contributed by atoms with van der Waals surface area (Å²) in [7, 11) is -12.6. The summed E-state index contributed by atoms with van der Waals surface area (Å²) in [5.41, 5.74) is 0. The molecular weight excluding hydrogens is 434 g/mol. The van der Waals surface area contributed by atoms with Crippen LogP contribution in [-0.4, -0.2) is 0 Å². The average Bonchev–Trinajstić information content (AvgIpc) is 1.53. The molecule has 74 valence electrons. The molecule has 2 unspecified atom stereocenters. The fraction of sp³-hybridized carbons (Fsp3) is 1.00. The SMILES string of the molecule is C.O=[P+]([O-])OP(=O)([O-])O[P+](=O)[O-].[Hg]. The summed E-state index contributed by atoms with van der Waals surface area (Å²) in [6.45, 7) is 0. The van der Waals surface area contributed by atoms with E-state index in [0.717, 1.165) is 0 Å². The summed E-state index contributed by atoms with van der Waals surface area (Å²) >= 11 is 0. The number of phosphoric acid groups is 1. The predicted octanol–water partition coefficient (Wildman–Crippen LogP) is -0.843. The van der Waals surface area contributed by atoms with Crippen molar-refractivity contribution >= 4 is 24.3 Å². The van der Waals surface area contributed by atoms with Crippen molar-refractivity contribution in [2.45, 2.75) is 7.43 Å². The topological polar surface area (TPSA) is 139 Å². The fourth-order valence-corrected chi connectivity index (χ4v) is 1.87. The summed E-state index contributed by atoms with van der Waals surface area (Å²) in [4.78, 5) is 29.2. The molecule has 12 heteroatoms. The van der Waals surface area contributed by atoms with Gasteiger partial charge < -0.3 is 14.7 Å². The first-order valence-corrected chi connectivity index (χ1v) is 5.48. The van der Waals surface area contributed by atoms with E-state index in [2.05, 4.69) is 8.62 Å². The van der Waals surface area contributed by atoms with Crippen LogP contribution in [0, 0.1) is 0 Å². The van der Waals surface area contributed by atoms with Crippen molar-refractivity contribution in [1.82, 2.24) is 0 Å². The van der Waals surface area contributed by atoms with Crippen LogP contribution < -0.4 is 14.7 Å². The van der Waals surface area contributed by atoms with Crippen molar-refractivity contribution in [3.05, 3.63) is 0 Å². The maximum Gasteiger partial charge on any atom is 0.496 e. The van der Waals surface area contributed by atoms with Gasteiger partial charge >= 0.3 is 24.3 Å². The minimum atomic E-state index is -5.25. The summed E-state index contributed by atoms with van der Waals surface area (Å²) in [6, 6.07) is 0. The standard InChI is InChI=1S/CH4.Hg.HO8P3/c;;1-9(2)7-11(5,6)8-10(3)4/h1H4;;(H,5,6)/p-1. The van der Waals surface area contributed by atoms with Crippen molar-refractivity contribution in [3.8, 4) is 0 Å². The summed E-state index contributed by atoms with van der Waals surface area (Å²) < 4.78 is 35.4. The van der Waals surface area contributed by atoms with Crippen molar-refractivity contribution in [1.29, 1.82) is 0 Å². The maximum absolute atomic E-state index is 10.1. The molecule has 13 heavy (non-hydrogen) atoms. The average molecular weight is 438 g/mol. The molecule has 0 aromatic heterocycles. The number of rotatable bonds is 4. The molecule has 0 heterocycles. The van der Waals surface area contributed by atoms with E-state index in [-0.39, 0.29) is 35.1 Å². The van der Waals surface area contributed by atoms with Crippen molar-refractivity contribution in [2.24, 2.45) is 0 Å². The van der Waals surface area contributed by atoms with E-state index in [0.29, 0.717) is 0 Å². The van der Waals surface area contributed by atoms with Gasteiger partial charge in [0.25, 0.3) is 0 Å². The molecule has 2 atom stereocenters. The third-order valence-electron chi connectivity index (χ3n) is 0.333. The molecule has 0 aromatic carbocycles. The smallest absolute Gasteiger partial charge is 0.496 e. The molecular formula is CH4HgO8P3-. The first kappa shape index (κ1) is 19.7. The molecule has 0 bridgehead atoms. The minimum Gasteiger partial charge on any atom is -0.750 e. The van der Waals surface area contributed by atoms with Crippen LogP contribution in [-0.2, 0) is 50.0 Å². The Morgan fingerprint density at radius 1 is 1.08 bits per heavy atom. The van der Waals surface area contributed by atoms with E-state index in [1.807, 2.05) is 0 Å². The second kappa shape index (κ2) is 8.47. The van der Waals surface area contributed by atoms with Gasteiger partial charge in [0.2, 0.25) is 0 Å². The zero-order valence-corrected chi connectivity index (χ0v) is 13.5. The van der Waals surface area contributed by atoms with Gasteiger partial charge in [0.05, 0.1) is 0 Å². The molecule has 0 spiro atoms. The maximum atomic E-state index is 10.1. The van der Waals surface area contributed by atoms with Crippen LogP contribution in [0.1, 0.15) is 7.43 Å². The van der Waals surface area contributed by atoms with Crippen LogP contribution in [0.2, 0.25) is 0 Å². The monoisotopic (exact) mass is 439 g/mol. The van der Waals surface area contributed by atoms with Gasteiger partial charge in [0.1, 0.15) is 0 Å². The molecule has 0 fully saturated rings. The Bertz CT molecular complexity index is 205. The van der Waals surface area contributed by atoms with Crippen LogP contribution in [0.15, 0.2) is 0 Å². The zero-order valence-electron chi connectivity index (χ0n) is 5.31. The second-order valence-corrected chi connectivity index (χ2v) is 4.15. The third-order valence-corrected chi connectivity index (χ3v) is 3.00. The van der Waals surface area contributed by atoms with Crippen LogP contribution in [0.4, 0.5) is 0 Å². The van der Waals surface area contributed by atoms with Gasteiger partial charge in [-0.2, -0.15) is 0 Å². The molecule has 0 N–H and O–H groups in total. The molecule has 0 amide bonds. The Kier molecular flexibility index (Phi) is 12.8. The molecule has 0 rings (SSSR count). The van der Waals surface area contributed by atoms with Crippen LogP contribution in [0.3, 0.4) is 0 Å².